The number of rotatable bonds is 3. The minimum absolute atomic E-state index is 0.0585. The third-order valence-electron chi connectivity index (χ3n) is 3.18. The SMILES string of the molecule is CN1CCC(C(=O)Nc2ccccc2C(=O)O)C1. The molecule has 18 heavy (non-hydrogen) atoms. The van der Waals surface area contributed by atoms with Gasteiger partial charge in [0, 0.05) is 6.54 Å². The van der Waals surface area contributed by atoms with E-state index in [9.17, 15) is 9.59 Å². The molecule has 0 aliphatic carbocycles. The highest BCUT2D eigenvalue weighted by molar-refractivity contribution is 6.01. The minimum Gasteiger partial charge on any atom is -0.478 e. The molecule has 1 heterocycles. The van der Waals surface area contributed by atoms with Gasteiger partial charge in [-0.3, -0.25) is 4.79 Å². The van der Waals surface area contributed by atoms with Crippen LogP contribution in [0.5, 0.6) is 0 Å². The predicted octanol–water partition coefficient (Wildman–Crippen LogP) is 1.28. The Labute approximate surface area is 105 Å². The van der Waals surface area contributed by atoms with Crippen LogP contribution in [0.2, 0.25) is 0 Å². The number of nitrogens with one attached hydrogen (secondary N) is 1. The van der Waals surface area contributed by atoms with Crippen molar-refractivity contribution in [2.75, 3.05) is 25.5 Å². The van der Waals surface area contributed by atoms with Gasteiger partial charge < -0.3 is 15.3 Å². The summed E-state index contributed by atoms with van der Waals surface area (Å²) in [6, 6.07) is 6.45. The number of hydrogen-bond donors (Lipinski definition) is 2. The second-order valence-corrected chi connectivity index (χ2v) is 4.59. The number of carbonyl (C=O) groups is 2. The number of benzene rings is 1. The first-order chi connectivity index (χ1) is 8.58. The monoisotopic (exact) mass is 248 g/mol. The van der Waals surface area contributed by atoms with E-state index in [0.717, 1.165) is 19.5 Å². The molecule has 2 rings (SSSR count). The van der Waals surface area contributed by atoms with Crippen LogP contribution in [-0.4, -0.2) is 42.0 Å². The van der Waals surface area contributed by atoms with Gasteiger partial charge in [-0.15, -0.1) is 0 Å². The van der Waals surface area contributed by atoms with Gasteiger partial charge in [0.1, 0.15) is 0 Å². The fraction of sp³-hybridized carbons (Fsp3) is 0.385. The highest BCUT2D eigenvalue weighted by atomic mass is 16.4. The average molecular weight is 248 g/mol. The first-order valence-electron chi connectivity index (χ1n) is 5.89. The van der Waals surface area contributed by atoms with Crippen LogP contribution in [0.1, 0.15) is 16.8 Å². The van der Waals surface area contributed by atoms with E-state index < -0.39 is 5.97 Å². The molecule has 1 fully saturated rings. The van der Waals surface area contributed by atoms with Gasteiger partial charge >= 0.3 is 5.97 Å². The molecule has 1 saturated heterocycles. The maximum Gasteiger partial charge on any atom is 0.337 e. The van der Waals surface area contributed by atoms with E-state index in [4.69, 9.17) is 5.11 Å². The zero-order valence-corrected chi connectivity index (χ0v) is 10.2. The topological polar surface area (TPSA) is 69.6 Å². The maximum absolute atomic E-state index is 12.0. The molecule has 0 radical (unpaired) electrons. The van der Waals surface area contributed by atoms with Crippen LogP contribution in [0, 0.1) is 5.92 Å². The summed E-state index contributed by atoms with van der Waals surface area (Å²) >= 11 is 0. The number of amides is 1. The van der Waals surface area contributed by atoms with Gasteiger partial charge in [0.15, 0.2) is 0 Å². The molecular formula is C13H16N2O3. The van der Waals surface area contributed by atoms with Gasteiger partial charge in [-0.1, -0.05) is 12.1 Å². The van der Waals surface area contributed by atoms with Crippen molar-refractivity contribution in [1.82, 2.24) is 4.90 Å². The molecule has 1 aromatic carbocycles. The standard InChI is InChI=1S/C13H16N2O3/c1-15-7-6-9(8-15)12(16)14-11-5-3-2-4-10(11)13(17)18/h2-5,9H,6-8H2,1H3,(H,14,16)(H,17,18). The van der Waals surface area contributed by atoms with Crippen molar-refractivity contribution in [3.63, 3.8) is 0 Å². The number of anilines is 1. The molecule has 2 N–H and O–H groups in total. The molecule has 96 valence electrons. The molecule has 5 nitrogen and oxygen atoms in total. The normalized spacial score (nSPS) is 19.7. The molecule has 1 aromatic rings. The smallest absolute Gasteiger partial charge is 0.337 e. The van der Waals surface area contributed by atoms with Crippen LogP contribution in [0.15, 0.2) is 24.3 Å². The Morgan fingerprint density at radius 2 is 2.11 bits per heavy atom. The lowest BCUT2D eigenvalue weighted by molar-refractivity contribution is -0.119. The summed E-state index contributed by atoms with van der Waals surface area (Å²) < 4.78 is 0. The number of aromatic carboxylic acids is 1. The number of carboxylic acid groups (broad SMARTS) is 1. The molecule has 0 spiro atoms. The highest BCUT2D eigenvalue weighted by Gasteiger charge is 2.26. The Bertz CT molecular complexity index is 473. The van der Waals surface area contributed by atoms with Crippen molar-refractivity contribution >= 4 is 17.6 Å². The van der Waals surface area contributed by atoms with Crippen LogP contribution in [-0.2, 0) is 4.79 Å². The maximum atomic E-state index is 12.0. The van der Waals surface area contributed by atoms with Gasteiger partial charge in [-0.2, -0.15) is 0 Å². The van der Waals surface area contributed by atoms with Crippen LogP contribution < -0.4 is 5.32 Å². The molecule has 1 aliphatic heterocycles. The van der Waals surface area contributed by atoms with E-state index >= 15 is 0 Å². The first-order valence-corrected chi connectivity index (χ1v) is 5.89. The lowest BCUT2D eigenvalue weighted by Gasteiger charge is -2.12. The summed E-state index contributed by atoms with van der Waals surface area (Å²) in [7, 11) is 1.97. The number of para-hydroxylation sites is 1. The average Bonchev–Trinajstić information content (AvgIpc) is 2.76. The molecule has 5 heteroatoms. The minimum atomic E-state index is -1.03. The number of carboxylic acids is 1. The Kier molecular flexibility index (Phi) is 3.62. The second-order valence-electron chi connectivity index (χ2n) is 4.59. The predicted molar refractivity (Wildman–Crippen MR) is 67.6 cm³/mol. The lowest BCUT2D eigenvalue weighted by atomic mass is 10.1. The summed E-state index contributed by atoms with van der Waals surface area (Å²) in [6.07, 6.45) is 0.817. The Balaban J connectivity index is 2.09. The fourth-order valence-corrected chi connectivity index (χ4v) is 2.16. The molecule has 0 saturated carbocycles. The first kappa shape index (κ1) is 12.6. The fourth-order valence-electron chi connectivity index (χ4n) is 2.16. The molecule has 0 bridgehead atoms. The van der Waals surface area contributed by atoms with Gasteiger partial charge in [-0.05, 0) is 32.1 Å². The van der Waals surface area contributed by atoms with Crippen LogP contribution >= 0.6 is 0 Å². The van der Waals surface area contributed by atoms with Gasteiger partial charge in [-0.25, -0.2) is 4.79 Å². The van der Waals surface area contributed by atoms with Crippen molar-refractivity contribution in [2.45, 2.75) is 6.42 Å². The van der Waals surface area contributed by atoms with Gasteiger partial charge in [0.2, 0.25) is 5.91 Å². The number of likely N-dealkylation sites (tertiary alicyclic amines) is 1. The zero-order chi connectivity index (χ0) is 13.1. The van der Waals surface area contributed by atoms with E-state index in [1.807, 2.05) is 7.05 Å². The lowest BCUT2D eigenvalue weighted by Crippen LogP contribution is -2.26. The Hall–Kier alpha value is -1.88. The highest BCUT2D eigenvalue weighted by Crippen LogP contribution is 2.19. The number of nitrogens with zero attached hydrogens (tertiary/aromatic N) is 1. The summed E-state index contributed by atoms with van der Waals surface area (Å²) in [5, 5.41) is 11.7. The molecule has 1 unspecified atom stereocenters. The Morgan fingerprint density at radius 3 is 2.72 bits per heavy atom. The van der Waals surface area contributed by atoms with E-state index in [2.05, 4.69) is 10.2 Å². The van der Waals surface area contributed by atoms with E-state index in [-0.39, 0.29) is 17.4 Å². The van der Waals surface area contributed by atoms with Crippen molar-refractivity contribution in [1.29, 1.82) is 0 Å². The van der Waals surface area contributed by atoms with Gasteiger partial charge in [0.05, 0.1) is 17.2 Å². The molecule has 0 aromatic heterocycles. The largest absolute Gasteiger partial charge is 0.478 e. The van der Waals surface area contributed by atoms with E-state index in [1.165, 1.54) is 6.07 Å². The molecule has 1 amide bonds. The Morgan fingerprint density at radius 1 is 1.39 bits per heavy atom. The van der Waals surface area contributed by atoms with Crippen molar-refractivity contribution in [3.8, 4) is 0 Å². The molecule has 1 atom stereocenters. The quantitative estimate of drug-likeness (QED) is 0.845. The second kappa shape index (κ2) is 5.18. The third-order valence-corrected chi connectivity index (χ3v) is 3.18. The van der Waals surface area contributed by atoms with Crippen molar-refractivity contribution in [2.24, 2.45) is 5.92 Å². The molecular weight excluding hydrogens is 232 g/mol. The number of carbonyl (C=O) groups excluding carboxylic acids is 1. The van der Waals surface area contributed by atoms with E-state index in [0.29, 0.717) is 5.69 Å². The van der Waals surface area contributed by atoms with Crippen LogP contribution in [0.25, 0.3) is 0 Å². The zero-order valence-electron chi connectivity index (χ0n) is 10.2. The van der Waals surface area contributed by atoms with Crippen molar-refractivity contribution in [3.05, 3.63) is 29.8 Å². The van der Waals surface area contributed by atoms with Crippen LogP contribution in [0.4, 0.5) is 5.69 Å². The molecule has 1 aliphatic rings. The van der Waals surface area contributed by atoms with Gasteiger partial charge in [0.25, 0.3) is 0 Å². The third kappa shape index (κ3) is 2.68. The van der Waals surface area contributed by atoms with E-state index in [1.54, 1.807) is 18.2 Å². The summed E-state index contributed by atoms with van der Waals surface area (Å²) in [6.45, 7) is 1.62. The number of hydrogen-bond acceptors (Lipinski definition) is 3. The van der Waals surface area contributed by atoms with Crippen molar-refractivity contribution < 1.29 is 14.7 Å². The summed E-state index contributed by atoms with van der Waals surface area (Å²) in [4.78, 5) is 25.1. The van der Waals surface area contributed by atoms with Crippen LogP contribution in [0.3, 0.4) is 0 Å². The summed E-state index contributed by atoms with van der Waals surface area (Å²) in [5.41, 5.74) is 0.488. The summed E-state index contributed by atoms with van der Waals surface area (Å²) in [5.74, 6) is -1.20.